The summed E-state index contributed by atoms with van der Waals surface area (Å²) in [6.45, 7) is 11.4. The van der Waals surface area contributed by atoms with Crippen molar-refractivity contribution in [3.05, 3.63) is 29.8 Å². The van der Waals surface area contributed by atoms with Crippen molar-refractivity contribution in [3.63, 3.8) is 0 Å². The van der Waals surface area contributed by atoms with Gasteiger partial charge < -0.3 is 20.7 Å². The Balaban J connectivity index is 2.36. The average molecular weight is 348 g/mol. The molecule has 0 bridgehead atoms. The summed E-state index contributed by atoms with van der Waals surface area (Å²) in [5, 5.41) is 9.03. The molecule has 1 aromatic rings. The fourth-order valence-electron chi connectivity index (χ4n) is 2.27. The molecule has 0 radical (unpaired) electrons. The van der Waals surface area contributed by atoms with Crippen molar-refractivity contribution in [1.82, 2.24) is 16.0 Å². The molecule has 0 heterocycles. The summed E-state index contributed by atoms with van der Waals surface area (Å²) >= 11 is 0. The van der Waals surface area contributed by atoms with Gasteiger partial charge in [0.25, 0.3) is 0 Å². The Labute approximate surface area is 151 Å². The molecule has 6 heteroatoms. The van der Waals surface area contributed by atoms with E-state index in [1.165, 1.54) is 5.56 Å². The molecule has 0 fully saturated rings. The molecule has 0 atom stereocenters. The van der Waals surface area contributed by atoms with E-state index in [0.717, 1.165) is 5.75 Å². The molecule has 0 aromatic heterocycles. The average Bonchev–Trinajstić information content (AvgIpc) is 2.52. The maximum atomic E-state index is 11.8. The summed E-state index contributed by atoms with van der Waals surface area (Å²) in [6, 6.07) is 8.07. The van der Waals surface area contributed by atoms with E-state index in [9.17, 15) is 4.79 Å². The van der Waals surface area contributed by atoms with Gasteiger partial charge in [0, 0.05) is 12.6 Å². The van der Waals surface area contributed by atoms with E-state index < -0.39 is 0 Å². The Kier molecular flexibility index (Phi) is 8.25. The normalized spacial score (nSPS) is 12.0. The molecule has 0 aliphatic carbocycles. The zero-order chi connectivity index (χ0) is 18.9. The fraction of sp³-hybridized carbons (Fsp3) is 0.579. The summed E-state index contributed by atoms with van der Waals surface area (Å²) in [4.78, 5) is 15.9. The van der Waals surface area contributed by atoms with E-state index in [-0.39, 0.29) is 18.0 Å². The van der Waals surface area contributed by atoms with E-state index in [0.29, 0.717) is 25.0 Å². The summed E-state index contributed by atoms with van der Waals surface area (Å²) in [6.07, 6.45) is 0. The highest BCUT2D eigenvalue weighted by atomic mass is 16.5. The largest absolute Gasteiger partial charge is 0.491 e. The lowest BCUT2D eigenvalue weighted by Gasteiger charge is -2.21. The first-order chi connectivity index (χ1) is 11.7. The van der Waals surface area contributed by atoms with Gasteiger partial charge in [-0.25, -0.2) is 0 Å². The number of rotatable bonds is 7. The molecule has 0 saturated heterocycles. The molecule has 1 rings (SSSR count). The van der Waals surface area contributed by atoms with Gasteiger partial charge in [0.05, 0.1) is 13.1 Å². The molecule has 0 aliphatic heterocycles. The van der Waals surface area contributed by atoms with Crippen molar-refractivity contribution in [2.45, 2.75) is 46.1 Å². The van der Waals surface area contributed by atoms with Crippen LogP contribution in [0.25, 0.3) is 0 Å². The summed E-state index contributed by atoms with van der Waals surface area (Å²) in [7, 11) is 1.67. The Bertz CT molecular complexity index is 577. The summed E-state index contributed by atoms with van der Waals surface area (Å²) in [5.41, 5.74) is 0.955. The van der Waals surface area contributed by atoms with E-state index in [4.69, 9.17) is 4.74 Å². The molecule has 0 aliphatic rings. The van der Waals surface area contributed by atoms with Gasteiger partial charge in [-0.1, -0.05) is 32.0 Å². The van der Waals surface area contributed by atoms with Gasteiger partial charge in [-0.15, -0.1) is 0 Å². The summed E-state index contributed by atoms with van der Waals surface area (Å²) in [5.74, 6) is 1.83. The number of aliphatic imine (C=N–C) groups is 1. The van der Waals surface area contributed by atoms with Crippen LogP contribution >= 0.6 is 0 Å². The third-order valence-electron chi connectivity index (χ3n) is 3.35. The third-order valence-corrected chi connectivity index (χ3v) is 3.35. The smallest absolute Gasteiger partial charge is 0.239 e. The molecule has 3 N–H and O–H groups in total. The van der Waals surface area contributed by atoms with Crippen LogP contribution in [-0.2, 0) is 4.79 Å². The van der Waals surface area contributed by atoms with Gasteiger partial charge in [-0.3, -0.25) is 9.79 Å². The van der Waals surface area contributed by atoms with E-state index in [2.05, 4.69) is 40.9 Å². The Morgan fingerprint density at radius 3 is 2.48 bits per heavy atom. The quantitative estimate of drug-likeness (QED) is 0.401. The highest BCUT2D eigenvalue weighted by Crippen LogP contribution is 2.25. The molecule has 0 saturated carbocycles. The van der Waals surface area contributed by atoms with Crippen LogP contribution in [-0.4, -0.2) is 44.1 Å². The van der Waals surface area contributed by atoms with Crippen molar-refractivity contribution in [2.75, 3.05) is 26.7 Å². The topological polar surface area (TPSA) is 74.8 Å². The van der Waals surface area contributed by atoms with Crippen molar-refractivity contribution in [3.8, 4) is 5.75 Å². The van der Waals surface area contributed by atoms with Crippen LogP contribution in [0.4, 0.5) is 0 Å². The van der Waals surface area contributed by atoms with Gasteiger partial charge >= 0.3 is 0 Å². The SMILES string of the molecule is CN=C(NCCOc1ccccc1C(C)C)NCC(=O)NC(C)(C)C. The molecule has 1 aromatic carbocycles. The molecular weight excluding hydrogens is 316 g/mol. The zero-order valence-electron chi connectivity index (χ0n) is 16.3. The number of nitrogens with zero attached hydrogens (tertiary/aromatic N) is 1. The Hall–Kier alpha value is -2.24. The van der Waals surface area contributed by atoms with Crippen LogP contribution in [0, 0.1) is 0 Å². The number of nitrogens with one attached hydrogen (secondary N) is 3. The number of benzene rings is 1. The van der Waals surface area contributed by atoms with Crippen LogP contribution in [0.5, 0.6) is 5.75 Å². The number of guanidine groups is 1. The molecule has 0 spiro atoms. The number of ether oxygens (including phenoxy) is 1. The standard InChI is InChI=1S/C19H32N4O2/c1-14(2)15-9-7-8-10-16(15)25-12-11-21-18(20-6)22-13-17(24)23-19(3,4)5/h7-10,14H,11-13H2,1-6H3,(H,23,24)(H2,20,21,22). The first kappa shape index (κ1) is 20.8. The van der Waals surface area contributed by atoms with Crippen LogP contribution in [0.3, 0.4) is 0 Å². The second-order valence-electron chi connectivity index (χ2n) is 7.19. The second-order valence-corrected chi connectivity index (χ2v) is 7.19. The number of hydrogen-bond acceptors (Lipinski definition) is 3. The lowest BCUT2D eigenvalue weighted by molar-refractivity contribution is -0.121. The molecule has 25 heavy (non-hydrogen) atoms. The lowest BCUT2D eigenvalue weighted by Crippen LogP contribution is -2.48. The van der Waals surface area contributed by atoms with Crippen LogP contribution in [0.15, 0.2) is 29.3 Å². The number of amides is 1. The minimum absolute atomic E-state index is 0.0717. The molecule has 6 nitrogen and oxygen atoms in total. The van der Waals surface area contributed by atoms with Crippen molar-refractivity contribution < 1.29 is 9.53 Å². The predicted octanol–water partition coefficient (Wildman–Crippen LogP) is 2.27. The number of para-hydroxylation sites is 1. The van der Waals surface area contributed by atoms with E-state index in [1.807, 2.05) is 39.0 Å². The first-order valence-electron chi connectivity index (χ1n) is 8.70. The zero-order valence-corrected chi connectivity index (χ0v) is 16.3. The minimum Gasteiger partial charge on any atom is -0.491 e. The summed E-state index contributed by atoms with van der Waals surface area (Å²) < 4.78 is 5.86. The number of hydrogen-bond donors (Lipinski definition) is 3. The van der Waals surface area contributed by atoms with Gasteiger partial charge in [0.2, 0.25) is 5.91 Å². The molecule has 140 valence electrons. The van der Waals surface area contributed by atoms with Gasteiger partial charge in [0.1, 0.15) is 12.4 Å². The molecular formula is C19H32N4O2. The molecule has 1 amide bonds. The predicted molar refractivity (Wildman–Crippen MR) is 103 cm³/mol. The van der Waals surface area contributed by atoms with Crippen molar-refractivity contribution in [2.24, 2.45) is 4.99 Å². The van der Waals surface area contributed by atoms with E-state index >= 15 is 0 Å². The van der Waals surface area contributed by atoms with Gasteiger partial charge in [-0.05, 0) is 38.3 Å². The second kappa shape index (κ2) is 9.91. The van der Waals surface area contributed by atoms with Crippen LogP contribution < -0.4 is 20.7 Å². The Morgan fingerprint density at radius 2 is 1.88 bits per heavy atom. The van der Waals surface area contributed by atoms with Crippen LogP contribution in [0.2, 0.25) is 0 Å². The highest BCUT2D eigenvalue weighted by molar-refractivity contribution is 5.86. The molecule has 0 unspecified atom stereocenters. The highest BCUT2D eigenvalue weighted by Gasteiger charge is 2.13. The van der Waals surface area contributed by atoms with Gasteiger partial charge in [0.15, 0.2) is 5.96 Å². The third kappa shape index (κ3) is 8.42. The van der Waals surface area contributed by atoms with Crippen LogP contribution in [0.1, 0.15) is 46.1 Å². The lowest BCUT2D eigenvalue weighted by atomic mass is 10.0. The van der Waals surface area contributed by atoms with Crippen molar-refractivity contribution >= 4 is 11.9 Å². The van der Waals surface area contributed by atoms with Gasteiger partial charge in [-0.2, -0.15) is 0 Å². The maximum absolute atomic E-state index is 11.8. The van der Waals surface area contributed by atoms with E-state index in [1.54, 1.807) is 7.05 Å². The first-order valence-corrected chi connectivity index (χ1v) is 8.70. The number of carbonyl (C=O) groups is 1. The Morgan fingerprint density at radius 1 is 1.20 bits per heavy atom. The van der Waals surface area contributed by atoms with Crippen molar-refractivity contribution in [1.29, 1.82) is 0 Å². The maximum Gasteiger partial charge on any atom is 0.239 e. The monoisotopic (exact) mass is 348 g/mol. The minimum atomic E-state index is -0.243. The fourth-order valence-corrected chi connectivity index (χ4v) is 2.27. The number of carbonyl (C=O) groups excluding carboxylic acids is 1.